The van der Waals surface area contributed by atoms with Crippen LogP contribution in [0, 0.1) is 0 Å². The molecular weight excluding hydrogens is 398 g/mol. The van der Waals surface area contributed by atoms with Gasteiger partial charge in [0.25, 0.3) is 11.8 Å². The number of nitrogens with one attached hydrogen (secondary N) is 3. The van der Waals surface area contributed by atoms with E-state index in [0.29, 0.717) is 18.5 Å². The van der Waals surface area contributed by atoms with E-state index in [4.69, 9.17) is 4.74 Å². The summed E-state index contributed by atoms with van der Waals surface area (Å²) < 4.78 is 31.4. The van der Waals surface area contributed by atoms with Gasteiger partial charge in [0, 0.05) is 24.2 Å². The molecule has 0 heterocycles. The Hall–Kier alpha value is -3.11. The van der Waals surface area contributed by atoms with Gasteiger partial charge in [-0.1, -0.05) is 6.07 Å². The molecule has 0 atom stereocenters. The zero-order valence-electron chi connectivity index (χ0n) is 16.1. The first kappa shape index (κ1) is 22.2. The van der Waals surface area contributed by atoms with Gasteiger partial charge in [-0.05, 0) is 49.9 Å². The number of hydrogen-bond donors (Lipinski definition) is 4. The third kappa shape index (κ3) is 5.93. The number of methoxy groups -OCH3 is 1. The van der Waals surface area contributed by atoms with Crippen molar-refractivity contribution >= 4 is 21.8 Å². The fourth-order valence-electron chi connectivity index (χ4n) is 2.48. The second-order valence-corrected chi connectivity index (χ2v) is 7.84. The van der Waals surface area contributed by atoms with Crippen molar-refractivity contribution in [2.75, 3.05) is 27.2 Å². The SMILES string of the molecule is CNS(=O)(=O)c1cc(C(=O)NCCCNC(=O)c2cccc(O)c2)ccc1OC. The molecule has 0 saturated heterocycles. The van der Waals surface area contributed by atoms with Gasteiger partial charge in [-0.3, -0.25) is 9.59 Å². The van der Waals surface area contributed by atoms with Crippen molar-refractivity contribution < 1.29 is 27.9 Å². The lowest BCUT2D eigenvalue weighted by Gasteiger charge is -2.11. The first-order chi connectivity index (χ1) is 13.8. The monoisotopic (exact) mass is 421 g/mol. The normalized spacial score (nSPS) is 11.0. The first-order valence-electron chi connectivity index (χ1n) is 8.75. The van der Waals surface area contributed by atoms with Crippen LogP contribution in [0.25, 0.3) is 0 Å². The van der Waals surface area contributed by atoms with Gasteiger partial charge in [-0.2, -0.15) is 0 Å². The van der Waals surface area contributed by atoms with E-state index in [1.165, 1.54) is 44.5 Å². The number of hydrogen-bond acceptors (Lipinski definition) is 6. The number of carbonyl (C=O) groups excluding carboxylic acids is 2. The van der Waals surface area contributed by atoms with Gasteiger partial charge in [0.05, 0.1) is 7.11 Å². The van der Waals surface area contributed by atoms with E-state index >= 15 is 0 Å². The van der Waals surface area contributed by atoms with Gasteiger partial charge < -0.3 is 20.5 Å². The van der Waals surface area contributed by atoms with Gasteiger partial charge in [-0.25, -0.2) is 13.1 Å². The minimum absolute atomic E-state index is 0.00376. The third-order valence-electron chi connectivity index (χ3n) is 4.02. The molecule has 156 valence electrons. The largest absolute Gasteiger partial charge is 0.508 e. The van der Waals surface area contributed by atoms with Crippen LogP contribution in [0.3, 0.4) is 0 Å². The molecule has 10 heteroatoms. The van der Waals surface area contributed by atoms with Crippen molar-refractivity contribution in [1.82, 2.24) is 15.4 Å². The quantitative estimate of drug-likeness (QED) is 0.444. The Morgan fingerprint density at radius 2 is 1.62 bits per heavy atom. The molecule has 0 aliphatic heterocycles. The second kappa shape index (κ2) is 9.89. The van der Waals surface area contributed by atoms with Gasteiger partial charge in [0.2, 0.25) is 10.0 Å². The lowest BCUT2D eigenvalue weighted by atomic mass is 10.2. The summed E-state index contributed by atoms with van der Waals surface area (Å²) in [6.45, 7) is 0.593. The standard InChI is InChI=1S/C19H23N3O6S/c1-20-29(26,27)17-12-14(7-8-16(17)28-2)19(25)22-10-4-9-21-18(24)13-5-3-6-15(23)11-13/h3,5-8,11-12,20,23H,4,9-10H2,1-2H3,(H,21,24)(H,22,25). The van der Waals surface area contributed by atoms with Crippen LogP contribution in [-0.4, -0.2) is 52.6 Å². The summed E-state index contributed by atoms with van der Waals surface area (Å²) in [6, 6.07) is 10.1. The number of phenolic OH excluding ortho intramolecular Hbond substituents is 1. The lowest BCUT2D eigenvalue weighted by molar-refractivity contribution is 0.0951. The van der Waals surface area contributed by atoms with Gasteiger partial charge in [-0.15, -0.1) is 0 Å². The van der Waals surface area contributed by atoms with Crippen LogP contribution in [-0.2, 0) is 10.0 Å². The lowest BCUT2D eigenvalue weighted by Crippen LogP contribution is -2.30. The van der Waals surface area contributed by atoms with E-state index in [0.717, 1.165) is 0 Å². The molecule has 0 spiro atoms. The summed E-state index contributed by atoms with van der Waals surface area (Å²) in [5, 5.41) is 14.7. The smallest absolute Gasteiger partial charge is 0.251 e. The van der Waals surface area contributed by atoms with Crippen molar-refractivity contribution in [2.24, 2.45) is 0 Å². The van der Waals surface area contributed by atoms with Gasteiger partial charge in [0.15, 0.2) is 0 Å². The molecule has 0 bridgehead atoms. The van der Waals surface area contributed by atoms with Crippen molar-refractivity contribution in [3.63, 3.8) is 0 Å². The Bertz CT molecular complexity index is 991. The maximum absolute atomic E-state index is 12.3. The summed E-state index contributed by atoms with van der Waals surface area (Å²) in [5.74, 6) is -0.640. The summed E-state index contributed by atoms with van der Waals surface area (Å²) in [6.07, 6.45) is 0.466. The Morgan fingerprint density at radius 1 is 1.00 bits per heavy atom. The Morgan fingerprint density at radius 3 is 2.17 bits per heavy atom. The average Bonchev–Trinajstić information content (AvgIpc) is 2.72. The molecule has 4 N–H and O–H groups in total. The van der Waals surface area contributed by atoms with E-state index < -0.39 is 15.9 Å². The van der Waals surface area contributed by atoms with Crippen molar-refractivity contribution in [1.29, 1.82) is 0 Å². The fourth-order valence-corrected chi connectivity index (χ4v) is 3.40. The molecule has 2 aromatic carbocycles. The van der Waals surface area contributed by atoms with Crippen LogP contribution in [0.5, 0.6) is 11.5 Å². The summed E-state index contributed by atoms with van der Waals surface area (Å²) in [7, 11) is -1.17. The summed E-state index contributed by atoms with van der Waals surface area (Å²) in [4.78, 5) is 24.1. The summed E-state index contributed by atoms with van der Waals surface area (Å²) >= 11 is 0. The van der Waals surface area contributed by atoms with E-state index in [-0.39, 0.29) is 34.4 Å². The molecule has 0 aromatic heterocycles. The van der Waals surface area contributed by atoms with Crippen molar-refractivity contribution in [2.45, 2.75) is 11.3 Å². The average molecular weight is 421 g/mol. The molecule has 0 aliphatic carbocycles. The molecule has 2 rings (SSSR count). The van der Waals surface area contributed by atoms with E-state index in [9.17, 15) is 23.1 Å². The molecule has 0 radical (unpaired) electrons. The Balaban J connectivity index is 1.88. The van der Waals surface area contributed by atoms with Crippen LogP contribution in [0.4, 0.5) is 0 Å². The minimum atomic E-state index is -3.79. The van der Waals surface area contributed by atoms with E-state index in [1.54, 1.807) is 12.1 Å². The van der Waals surface area contributed by atoms with Crippen LogP contribution in [0.1, 0.15) is 27.1 Å². The second-order valence-electron chi connectivity index (χ2n) is 5.99. The molecule has 2 aromatic rings. The van der Waals surface area contributed by atoms with Crippen LogP contribution >= 0.6 is 0 Å². The molecule has 0 fully saturated rings. The first-order valence-corrected chi connectivity index (χ1v) is 10.2. The highest BCUT2D eigenvalue weighted by Crippen LogP contribution is 2.24. The number of carbonyl (C=O) groups is 2. The number of amides is 2. The summed E-state index contributed by atoms with van der Waals surface area (Å²) in [5.41, 5.74) is 0.508. The predicted octanol–water partition coefficient (Wildman–Crippen LogP) is 0.859. The highest BCUT2D eigenvalue weighted by molar-refractivity contribution is 7.89. The number of phenols is 1. The van der Waals surface area contributed by atoms with Crippen molar-refractivity contribution in [3.8, 4) is 11.5 Å². The topological polar surface area (TPSA) is 134 Å². The Kier molecular flexibility index (Phi) is 7.57. The van der Waals surface area contributed by atoms with E-state index in [1.807, 2.05) is 0 Å². The molecule has 2 amide bonds. The number of benzene rings is 2. The molecule has 0 saturated carbocycles. The van der Waals surface area contributed by atoms with Crippen LogP contribution in [0.15, 0.2) is 47.4 Å². The number of rotatable bonds is 9. The predicted molar refractivity (Wildman–Crippen MR) is 107 cm³/mol. The zero-order valence-corrected chi connectivity index (χ0v) is 16.9. The highest BCUT2D eigenvalue weighted by Gasteiger charge is 2.20. The van der Waals surface area contributed by atoms with E-state index in [2.05, 4.69) is 15.4 Å². The maximum atomic E-state index is 12.3. The Labute approximate surface area is 169 Å². The minimum Gasteiger partial charge on any atom is -0.508 e. The highest BCUT2D eigenvalue weighted by atomic mass is 32.2. The molecule has 0 unspecified atom stereocenters. The third-order valence-corrected chi connectivity index (χ3v) is 5.45. The molecular formula is C19H23N3O6S. The van der Waals surface area contributed by atoms with Crippen molar-refractivity contribution in [3.05, 3.63) is 53.6 Å². The van der Waals surface area contributed by atoms with Crippen LogP contribution in [0.2, 0.25) is 0 Å². The zero-order chi connectivity index (χ0) is 21.4. The molecule has 0 aliphatic rings. The maximum Gasteiger partial charge on any atom is 0.251 e. The van der Waals surface area contributed by atoms with Gasteiger partial charge >= 0.3 is 0 Å². The fraction of sp³-hybridized carbons (Fsp3) is 0.263. The number of ether oxygens (including phenoxy) is 1. The van der Waals surface area contributed by atoms with Crippen LogP contribution < -0.4 is 20.1 Å². The number of aromatic hydroxyl groups is 1. The molecule has 9 nitrogen and oxygen atoms in total. The van der Waals surface area contributed by atoms with Gasteiger partial charge in [0.1, 0.15) is 16.4 Å². The number of sulfonamides is 1. The molecule has 29 heavy (non-hydrogen) atoms.